The first kappa shape index (κ1) is 21.8. The van der Waals surface area contributed by atoms with Crippen molar-refractivity contribution in [3.8, 4) is 11.5 Å². The molecule has 2 rings (SSSR count). The van der Waals surface area contributed by atoms with E-state index in [-0.39, 0.29) is 23.9 Å². The van der Waals surface area contributed by atoms with Crippen LogP contribution >= 0.6 is 12.2 Å². The van der Waals surface area contributed by atoms with Gasteiger partial charge in [0.05, 0.1) is 23.7 Å². The van der Waals surface area contributed by atoms with Gasteiger partial charge in [0.15, 0.2) is 5.78 Å². The predicted molar refractivity (Wildman–Crippen MR) is 120 cm³/mol. The molecule has 1 aromatic rings. The van der Waals surface area contributed by atoms with Crippen LogP contribution in [0.15, 0.2) is 55.2 Å². The van der Waals surface area contributed by atoms with Crippen LogP contribution in [0.5, 0.6) is 11.5 Å². The Balaban J connectivity index is 2.44. The smallest absolute Gasteiger partial charge is 0.166 e. The van der Waals surface area contributed by atoms with Crippen LogP contribution in [0, 0.1) is 5.92 Å². The van der Waals surface area contributed by atoms with Gasteiger partial charge in [-0.2, -0.15) is 0 Å². The van der Waals surface area contributed by atoms with Crippen molar-refractivity contribution in [1.82, 2.24) is 0 Å². The third-order valence-electron chi connectivity index (χ3n) is 4.00. The number of hydrogen-bond donors (Lipinski definition) is 0. The van der Waals surface area contributed by atoms with E-state index in [9.17, 15) is 4.79 Å². The summed E-state index contributed by atoms with van der Waals surface area (Å²) in [6, 6.07) is 3.92. The lowest BCUT2D eigenvalue weighted by atomic mass is 9.97. The Labute approximate surface area is 173 Å². The molecule has 1 aliphatic carbocycles. The van der Waals surface area contributed by atoms with Crippen LogP contribution in [0.1, 0.15) is 38.8 Å². The second-order valence-electron chi connectivity index (χ2n) is 7.17. The first-order valence-electron chi connectivity index (χ1n) is 9.54. The van der Waals surface area contributed by atoms with E-state index in [1.165, 1.54) is 0 Å². The Bertz CT molecular complexity index is 812. The topological polar surface area (TPSA) is 35.5 Å². The molecule has 1 aliphatic rings. The van der Waals surface area contributed by atoms with Gasteiger partial charge in [0.25, 0.3) is 0 Å². The van der Waals surface area contributed by atoms with Crippen LogP contribution in [0.4, 0.5) is 0 Å². The summed E-state index contributed by atoms with van der Waals surface area (Å²) < 4.78 is 12.1. The fraction of sp³-hybridized carbons (Fsp3) is 0.333. The quantitative estimate of drug-likeness (QED) is 0.305. The van der Waals surface area contributed by atoms with E-state index in [0.29, 0.717) is 12.2 Å². The highest BCUT2D eigenvalue weighted by molar-refractivity contribution is 7.81. The zero-order chi connectivity index (χ0) is 20.7. The van der Waals surface area contributed by atoms with Gasteiger partial charge in [-0.1, -0.05) is 36.5 Å². The number of rotatable bonds is 9. The molecule has 0 aliphatic heterocycles. The standard InChI is InChI=1S/C24H28O3S/c1-6-7-19-10-15-23(26-16(2)3)21(24(19)27-17(4)5)13-14-22(25)18-8-11-20(28)12-9-18/h6,8-18H,1,7H2,2-5H3/b14-13+. The van der Waals surface area contributed by atoms with Gasteiger partial charge in [-0.15, -0.1) is 6.58 Å². The SMILES string of the molecule is C=CCc1ccc(OC(C)C)c(/C=C/C(=O)C2C=CC(=S)C=C2)c1OC(C)C. The Morgan fingerprint density at radius 2 is 1.79 bits per heavy atom. The average Bonchev–Trinajstić information content (AvgIpc) is 2.63. The van der Waals surface area contributed by atoms with E-state index < -0.39 is 0 Å². The van der Waals surface area contributed by atoms with Crippen molar-refractivity contribution in [2.45, 2.75) is 46.3 Å². The summed E-state index contributed by atoms with van der Waals surface area (Å²) in [4.78, 5) is 13.4. The van der Waals surface area contributed by atoms with Gasteiger partial charge in [0.1, 0.15) is 11.5 Å². The minimum absolute atomic E-state index is 0.00484. The molecule has 0 saturated carbocycles. The minimum atomic E-state index is -0.303. The predicted octanol–water partition coefficient (Wildman–Crippen LogP) is 5.68. The van der Waals surface area contributed by atoms with Crippen LogP contribution in [-0.4, -0.2) is 22.9 Å². The van der Waals surface area contributed by atoms with Gasteiger partial charge < -0.3 is 9.47 Å². The summed E-state index contributed by atoms with van der Waals surface area (Å²) in [6.07, 6.45) is 13.1. The molecule has 0 aromatic heterocycles. The Morgan fingerprint density at radius 3 is 2.36 bits per heavy atom. The fourth-order valence-corrected chi connectivity index (χ4v) is 2.97. The molecule has 148 valence electrons. The first-order chi connectivity index (χ1) is 13.3. The summed E-state index contributed by atoms with van der Waals surface area (Å²) in [7, 11) is 0. The maximum absolute atomic E-state index is 12.6. The van der Waals surface area contributed by atoms with Gasteiger partial charge in [0, 0.05) is 4.86 Å². The third kappa shape index (κ3) is 6.03. The van der Waals surface area contributed by atoms with Gasteiger partial charge in [0.2, 0.25) is 0 Å². The van der Waals surface area contributed by atoms with E-state index in [1.54, 1.807) is 24.3 Å². The highest BCUT2D eigenvalue weighted by Crippen LogP contribution is 2.36. The molecule has 0 atom stereocenters. The van der Waals surface area contributed by atoms with Gasteiger partial charge in [-0.05, 0) is 70.0 Å². The molecular formula is C24H28O3S. The first-order valence-corrected chi connectivity index (χ1v) is 9.95. The van der Waals surface area contributed by atoms with Crippen molar-refractivity contribution in [2.24, 2.45) is 5.92 Å². The number of carbonyl (C=O) groups excluding carboxylic acids is 1. The fourth-order valence-electron chi connectivity index (χ4n) is 2.82. The van der Waals surface area contributed by atoms with E-state index in [4.69, 9.17) is 21.7 Å². The number of thiocarbonyl (C=S) groups is 1. The lowest BCUT2D eigenvalue weighted by Gasteiger charge is -2.20. The number of ether oxygens (including phenoxy) is 2. The van der Waals surface area contributed by atoms with E-state index in [1.807, 2.05) is 58.1 Å². The summed E-state index contributed by atoms with van der Waals surface area (Å²) in [6.45, 7) is 11.7. The maximum Gasteiger partial charge on any atom is 0.166 e. The van der Waals surface area contributed by atoms with Crippen LogP contribution in [0.2, 0.25) is 0 Å². The van der Waals surface area contributed by atoms with Crippen molar-refractivity contribution in [3.63, 3.8) is 0 Å². The Kier molecular flexibility index (Phi) is 7.94. The monoisotopic (exact) mass is 396 g/mol. The van der Waals surface area contributed by atoms with Crippen molar-refractivity contribution >= 4 is 28.9 Å². The number of allylic oxidation sites excluding steroid dienone is 6. The van der Waals surface area contributed by atoms with Crippen molar-refractivity contribution in [2.75, 3.05) is 0 Å². The summed E-state index contributed by atoms with van der Waals surface area (Å²) in [5, 5.41) is 0. The Morgan fingerprint density at radius 1 is 1.14 bits per heavy atom. The second-order valence-corrected chi connectivity index (χ2v) is 7.65. The number of carbonyl (C=O) groups is 1. The molecule has 0 N–H and O–H groups in total. The largest absolute Gasteiger partial charge is 0.490 e. The molecule has 0 heterocycles. The molecule has 1 aromatic carbocycles. The molecule has 4 heteroatoms. The highest BCUT2D eigenvalue weighted by Gasteiger charge is 2.17. The molecule has 0 radical (unpaired) electrons. The van der Waals surface area contributed by atoms with Crippen molar-refractivity contribution in [3.05, 3.63) is 66.3 Å². The zero-order valence-electron chi connectivity index (χ0n) is 17.0. The molecule has 0 saturated heterocycles. The molecule has 0 bridgehead atoms. The Hall–Kier alpha value is -2.46. The molecule has 28 heavy (non-hydrogen) atoms. The van der Waals surface area contributed by atoms with Crippen LogP contribution < -0.4 is 9.47 Å². The minimum Gasteiger partial charge on any atom is -0.490 e. The van der Waals surface area contributed by atoms with Crippen LogP contribution in [0.3, 0.4) is 0 Å². The molecule has 3 nitrogen and oxygen atoms in total. The van der Waals surface area contributed by atoms with Crippen molar-refractivity contribution < 1.29 is 14.3 Å². The third-order valence-corrected chi connectivity index (χ3v) is 4.27. The summed E-state index contributed by atoms with van der Waals surface area (Å²) in [5.41, 5.74) is 1.78. The number of hydrogen-bond acceptors (Lipinski definition) is 4. The van der Waals surface area contributed by atoms with Gasteiger partial charge in [-0.25, -0.2) is 0 Å². The van der Waals surface area contributed by atoms with E-state index in [2.05, 4.69) is 6.58 Å². The maximum atomic E-state index is 12.6. The molecule has 0 amide bonds. The van der Waals surface area contributed by atoms with Crippen LogP contribution in [-0.2, 0) is 11.2 Å². The summed E-state index contributed by atoms with van der Waals surface area (Å²) in [5.74, 6) is 1.10. The zero-order valence-corrected chi connectivity index (χ0v) is 17.8. The van der Waals surface area contributed by atoms with E-state index >= 15 is 0 Å². The second kappa shape index (κ2) is 10.2. The number of ketones is 1. The lowest BCUT2D eigenvalue weighted by Crippen LogP contribution is -2.12. The molecule has 0 fully saturated rings. The normalized spacial score (nSPS) is 14.3. The van der Waals surface area contributed by atoms with E-state index in [0.717, 1.165) is 21.7 Å². The average molecular weight is 397 g/mol. The van der Waals surface area contributed by atoms with Crippen molar-refractivity contribution in [1.29, 1.82) is 0 Å². The lowest BCUT2D eigenvalue weighted by molar-refractivity contribution is -0.115. The van der Waals surface area contributed by atoms with Gasteiger partial charge in [-0.3, -0.25) is 4.79 Å². The highest BCUT2D eigenvalue weighted by atomic mass is 32.1. The number of benzene rings is 1. The summed E-state index contributed by atoms with van der Waals surface area (Å²) >= 11 is 5.10. The van der Waals surface area contributed by atoms with Crippen LogP contribution in [0.25, 0.3) is 6.08 Å². The molecular weight excluding hydrogens is 368 g/mol. The molecule has 0 unspecified atom stereocenters. The molecule has 0 spiro atoms. The van der Waals surface area contributed by atoms with Gasteiger partial charge >= 0.3 is 0 Å².